The molecule has 4 rings (SSSR count). The standard InChI is InChI=1S/C21H17BrN2O5S/c1-12-7-20(27)29-17-9-15(5-6-16(12)17)28-10-18(25)23-24-19(26)11-30-21(24)13-3-2-4-14(22)8-13/h2-9,21H,10-11H2,1H3,(H,23,25). The molecular weight excluding hydrogens is 472 g/mol. The van der Waals surface area contributed by atoms with E-state index in [1.165, 1.54) is 22.8 Å². The van der Waals surface area contributed by atoms with Gasteiger partial charge in [-0.3, -0.25) is 15.0 Å². The number of amides is 2. The number of rotatable bonds is 5. The number of hydrazine groups is 1. The number of hydrogen-bond donors (Lipinski definition) is 1. The summed E-state index contributed by atoms with van der Waals surface area (Å²) < 4.78 is 11.6. The lowest BCUT2D eigenvalue weighted by atomic mass is 10.1. The van der Waals surface area contributed by atoms with Gasteiger partial charge in [-0.2, -0.15) is 0 Å². The smallest absolute Gasteiger partial charge is 0.336 e. The molecule has 1 aliphatic heterocycles. The average Bonchev–Trinajstić information content (AvgIpc) is 3.06. The number of hydrogen-bond acceptors (Lipinski definition) is 6. The van der Waals surface area contributed by atoms with Crippen LogP contribution in [0.25, 0.3) is 11.0 Å². The van der Waals surface area contributed by atoms with Crippen LogP contribution >= 0.6 is 27.7 Å². The van der Waals surface area contributed by atoms with Crippen molar-refractivity contribution >= 4 is 50.5 Å². The van der Waals surface area contributed by atoms with Crippen LogP contribution in [0.4, 0.5) is 0 Å². The van der Waals surface area contributed by atoms with Gasteiger partial charge < -0.3 is 9.15 Å². The summed E-state index contributed by atoms with van der Waals surface area (Å²) in [7, 11) is 0. The molecule has 1 unspecified atom stereocenters. The van der Waals surface area contributed by atoms with E-state index in [9.17, 15) is 14.4 Å². The maximum absolute atomic E-state index is 12.4. The molecule has 0 aliphatic carbocycles. The van der Waals surface area contributed by atoms with E-state index in [0.717, 1.165) is 21.0 Å². The number of benzene rings is 2. The van der Waals surface area contributed by atoms with Gasteiger partial charge in [-0.15, -0.1) is 11.8 Å². The second-order valence-corrected chi connectivity index (χ2v) is 8.70. The Kier molecular flexibility index (Phi) is 5.83. The van der Waals surface area contributed by atoms with Crippen LogP contribution in [0, 0.1) is 6.92 Å². The summed E-state index contributed by atoms with van der Waals surface area (Å²) in [6, 6.07) is 14.1. The van der Waals surface area contributed by atoms with Gasteiger partial charge in [-0.25, -0.2) is 9.80 Å². The zero-order chi connectivity index (χ0) is 21.3. The number of carbonyl (C=O) groups is 2. The first-order chi connectivity index (χ1) is 14.4. The van der Waals surface area contributed by atoms with Crippen molar-refractivity contribution in [2.24, 2.45) is 0 Å². The number of fused-ring (bicyclic) bond motifs is 1. The molecule has 0 saturated carbocycles. The Morgan fingerprint density at radius 2 is 2.10 bits per heavy atom. The number of thioether (sulfide) groups is 1. The average molecular weight is 489 g/mol. The van der Waals surface area contributed by atoms with Crippen LogP contribution in [0.2, 0.25) is 0 Å². The first kappa shape index (κ1) is 20.5. The molecule has 30 heavy (non-hydrogen) atoms. The summed E-state index contributed by atoms with van der Waals surface area (Å²) in [5.74, 6) is 0.0245. The van der Waals surface area contributed by atoms with Crippen molar-refractivity contribution in [3.63, 3.8) is 0 Å². The van der Waals surface area contributed by atoms with Crippen molar-refractivity contribution in [3.05, 3.63) is 74.6 Å². The van der Waals surface area contributed by atoms with E-state index in [2.05, 4.69) is 21.4 Å². The Morgan fingerprint density at radius 3 is 2.90 bits per heavy atom. The molecule has 154 valence electrons. The lowest BCUT2D eigenvalue weighted by molar-refractivity contribution is -0.140. The third kappa shape index (κ3) is 4.36. The van der Waals surface area contributed by atoms with Crippen molar-refractivity contribution in [2.45, 2.75) is 12.3 Å². The number of ether oxygens (including phenoxy) is 1. The zero-order valence-corrected chi connectivity index (χ0v) is 18.3. The zero-order valence-electron chi connectivity index (χ0n) is 15.9. The van der Waals surface area contributed by atoms with Crippen LogP contribution in [-0.4, -0.2) is 29.2 Å². The molecule has 0 bridgehead atoms. The maximum atomic E-state index is 12.4. The van der Waals surface area contributed by atoms with Crippen LogP contribution in [0.5, 0.6) is 5.75 Å². The first-order valence-electron chi connectivity index (χ1n) is 9.06. The summed E-state index contributed by atoms with van der Waals surface area (Å²) in [6.07, 6.45) is 0. The fourth-order valence-electron chi connectivity index (χ4n) is 3.16. The molecule has 2 amide bonds. The van der Waals surface area contributed by atoms with E-state index in [4.69, 9.17) is 9.15 Å². The van der Waals surface area contributed by atoms with Gasteiger partial charge in [0.1, 0.15) is 16.7 Å². The van der Waals surface area contributed by atoms with Gasteiger partial charge in [-0.1, -0.05) is 28.1 Å². The number of halogens is 1. The third-order valence-electron chi connectivity index (χ3n) is 4.54. The Hall–Kier alpha value is -2.78. The van der Waals surface area contributed by atoms with Gasteiger partial charge in [0.05, 0.1) is 5.75 Å². The van der Waals surface area contributed by atoms with E-state index in [0.29, 0.717) is 11.3 Å². The van der Waals surface area contributed by atoms with Crippen molar-refractivity contribution in [2.75, 3.05) is 12.4 Å². The molecule has 0 radical (unpaired) electrons. The molecule has 1 atom stereocenters. The molecule has 7 nitrogen and oxygen atoms in total. The molecule has 1 fully saturated rings. The van der Waals surface area contributed by atoms with Crippen molar-refractivity contribution < 1.29 is 18.7 Å². The molecule has 3 aromatic rings. The van der Waals surface area contributed by atoms with Crippen molar-refractivity contribution in [3.8, 4) is 5.75 Å². The van der Waals surface area contributed by atoms with Gasteiger partial charge in [0.25, 0.3) is 11.8 Å². The second kappa shape index (κ2) is 8.53. The SMILES string of the molecule is Cc1cc(=O)oc2cc(OCC(=O)NN3C(=O)CSC3c3cccc(Br)c3)ccc12. The van der Waals surface area contributed by atoms with Gasteiger partial charge >= 0.3 is 5.63 Å². The first-order valence-corrected chi connectivity index (χ1v) is 10.9. The highest BCUT2D eigenvalue weighted by molar-refractivity contribution is 9.10. The van der Waals surface area contributed by atoms with Gasteiger partial charge in [0, 0.05) is 22.0 Å². The third-order valence-corrected chi connectivity index (χ3v) is 6.25. The molecule has 1 aliphatic rings. The Labute approximate surface area is 184 Å². The lowest BCUT2D eigenvalue weighted by Gasteiger charge is -2.24. The predicted molar refractivity (Wildman–Crippen MR) is 117 cm³/mol. The minimum absolute atomic E-state index is 0.179. The summed E-state index contributed by atoms with van der Waals surface area (Å²) in [5, 5.41) is 1.82. The molecule has 1 aromatic heterocycles. The maximum Gasteiger partial charge on any atom is 0.336 e. The Morgan fingerprint density at radius 1 is 1.27 bits per heavy atom. The van der Waals surface area contributed by atoms with Gasteiger partial charge in [0.2, 0.25) is 0 Å². The fourth-order valence-corrected chi connectivity index (χ4v) is 4.68. The molecule has 2 heterocycles. The normalized spacial score (nSPS) is 16.1. The van der Waals surface area contributed by atoms with E-state index >= 15 is 0 Å². The monoisotopic (exact) mass is 488 g/mol. The van der Waals surface area contributed by atoms with E-state index in [-0.39, 0.29) is 23.6 Å². The molecule has 2 aromatic carbocycles. The summed E-state index contributed by atoms with van der Waals surface area (Å²) in [6.45, 7) is 1.53. The molecule has 0 spiro atoms. The van der Waals surface area contributed by atoms with E-state index in [1.807, 2.05) is 31.2 Å². The minimum Gasteiger partial charge on any atom is -0.484 e. The Balaban J connectivity index is 1.43. The minimum atomic E-state index is -0.461. The largest absolute Gasteiger partial charge is 0.484 e. The summed E-state index contributed by atoms with van der Waals surface area (Å²) >= 11 is 4.86. The number of nitrogens with zero attached hydrogens (tertiary/aromatic N) is 1. The number of carbonyl (C=O) groups excluding carboxylic acids is 2. The van der Waals surface area contributed by atoms with Crippen LogP contribution < -0.4 is 15.8 Å². The summed E-state index contributed by atoms with van der Waals surface area (Å²) in [5.41, 5.74) is 4.28. The van der Waals surface area contributed by atoms with Crippen LogP contribution in [0.15, 0.2) is 62.2 Å². The van der Waals surface area contributed by atoms with Crippen molar-refractivity contribution in [1.82, 2.24) is 10.4 Å². The van der Waals surface area contributed by atoms with Crippen LogP contribution in [0.3, 0.4) is 0 Å². The molecule has 9 heteroatoms. The van der Waals surface area contributed by atoms with Crippen molar-refractivity contribution in [1.29, 1.82) is 0 Å². The highest BCUT2D eigenvalue weighted by Gasteiger charge is 2.34. The van der Waals surface area contributed by atoms with Crippen LogP contribution in [-0.2, 0) is 9.59 Å². The van der Waals surface area contributed by atoms with E-state index < -0.39 is 11.5 Å². The van der Waals surface area contributed by atoms with Gasteiger partial charge in [-0.05, 0) is 42.3 Å². The number of nitrogens with one attached hydrogen (secondary N) is 1. The fraction of sp³-hybridized carbons (Fsp3) is 0.190. The molecule has 1 N–H and O–H groups in total. The lowest BCUT2D eigenvalue weighted by Crippen LogP contribution is -2.46. The highest BCUT2D eigenvalue weighted by atomic mass is 79.9. The van der Waals surface area contributed by atoms with Crippen LogP contribution in [0.1, 0.15) is 16.5 Å². The van der Waals surface area contributed by atoms with Gasteiger partial charge in [0.15, 0.2) is 6.61 Å². The summed E-state index contributed by atoms with van der Waals surface area (Å²) in [4.78, 5) is 36.2. The molecule has 1 saturated heterocycles. The second-order valence-electron chi connectivity index (χ2n) is 6.71. The molecular formula is C21H17BrN2O5S. The predicted octanol–water partition coefficient (Wildman–Crippen LogP) is 3.55. The topological polar surface area (TPSA) is 88.8 Å². The Bertz CT molecular complexity index is 1200. The van der Waals surface area contributed by atoms with E-state index in [1.54, 1.807) is 18.2 Å². The highest BCUT2D eigenvalue weighted by Crippen LogP contribution is 2.38. The number of aryl methyl sites for hydroxylation is 1. The quantitative estimate of drug-likeness (QED) is 0.552.